The summed E-state index contributed by atoms with van der Waals surface area (Å²) in [5, 5.41) is 19.2. The van der Waals surface area contributed by atoms with Gasteiger partial charge in [-0.1, -0.05) is 0 Å². The molecule has 2 rings (SSSR count). The summed E-state index contributed by atoms with van der Waals surface area (Å²) in [6, 6.07) is -0.655. The molecular weight excluding hydrogens is 226 g/mol. The van der Waals surface area contributed by atoms with Crippen molar-refractivity contribution >= 4 is 12.0 Å². The van der Waals surface area contributed by atoms with Crippen LogP contribution in [0.3, 0.4) is 0 Å². The molecule has 1 heterocycles. The topological polar surface area (TPSA) is 87.1 Å². The minimum Gasteiger partial charge on any atom is -0.443 e. The number of fused-ring (bicyclic) bond motifs is 2. The highest BCUT2D eigenvalue weighted by Gasteiger charge is 2.58. The molecule has 1 saturated heterocycles. The Hall–Kier alpha value is -1.14. The van der Waals surface area contributed by atoms with E-state index in [1.54, 1.807) is 20.8 Å². The van der Waals surface area contributed by atoms with Gasteiger partial charge in [-0.3, -0.25) is 4.79 Å². The van der Waals surface area contributed by atoms with Gasteiger partial charge in [0.2, 0.25) is 5.91 Å². The lowest BCUT2D eigenvalue weighted by atomic mass is 10.0. The standard InChI is InChI=1S/C11H17NO5/c1-11(2,3)17-10(16)12-6-4-5(9(12)15)7(13)8(6)14/h5-8,13-14H,4H2,1-3H3/t5-,6?,7+,8-/m0/s1. The first kappa shape index (κ1) is 12.3. The lowest BCUT2D eigenvalue weighted by molar-refractivity contribution is -0.144. The molecular formula is C11H17NO5. The van der Waals surface area contributed by atoms with Gasteiger partial charge in [0.05, 0.1) is 18.1 Å². The number of amides is 2. The second-order valence-electron chi connectivity index (χ2n) is 5.58. The fourth-order valence-electron chi connectivity index (χ4n) is 2.39. The number of aliphatic hydroxyl groups is 2. The van der Waals surface area contributed by atoms with Crippen molar-refractivity contribution in [1.82, 2.24) is 4.90 Å². The molecule has 0 spiro atoms. The molecule has 2 amide bonds. The van der Waals surface area contributed by atoms with Crippen LogP contribution in [0.15, 0.2) is 0 Å². The van der Waals surface area contributed by atoms with Crippen molar-refractivity contribution in [2.24, 2.45) is 5.92 Å². The minimum absolute atomic E-state index is 0.306. The van der Waals surface area contributed by atoms with Crippen LogP contribution >= 0.6 is 0 Å². The van der Waals surface area contributed by atoms with Crippen molar-refractivity contribution in [3.63, 3.8) is 0 Å². The van der Waals surface area contributed by atoms with E-state index in [2.05, 4.69) is 0 Å². The maximum Gasteiger partial charge on any atom is 0.417 e. The molecule has 6 heteroatoms. The molecule has 96 valence electrons. The van der Waals surface area contributed by atoms with Crippen molar-refractivity contribution in [2.45, 2.75) is 51.0 Å². The number of likely N-dealkylation sites (tertiary alicyclic amines) is 1. The molecule has 2 bridgehead atoms. The SMILES string of the molecule is CC(C)(C)OC(=O)N1C(=O)[C@H]2CC1[C@H](O)[C@@H]2O. The Morgan fingerprint density at radius 3 is 2.41 bits per heavy atom. The number of rotatable bonds is 0. The van der Waals surface area contributed by atoms with E-state index in [0.29, 0.717) is 6.42 Å². The van der Waals surface area contributed by atoms with Crippen molar-refractivity contribution in [3.05, 3.63) is 0 Å². The van der Waals surface area contributed by atoms with Gasteiger partial charge in [0.25, 0.3) is 0 Å². The summed E-state index contributed by atoms with van der Waals surface area (Å²) in [5.74, 6) is -1.13. The lowest BCUT2D eigenvalue weighted by Gasteiger charge is -2.33. The summed E-state index contributed by atoms with van der Waals surface area (Å²) < 4.78 is 5.10. The quantitative estimate of drug-likeness (QED) is 0.619. The summed E-state index contributed by atoms with van der Waals surface area (Å²) in [6.07, 6.45) is -2.57. The first-order chi connectivity index (χ1) is 7.72. The van der Waals surface area contributed by atoms with Gasteiger partial charge >= 0.3 is 6.09 Å². The number of nitrogens with zero attached hydrogens (tertiary/aromatic N) is 1. The van der Waals surface area contributed by atoms with Crippen LogP contribution in [0.2, 0.25) is 0 Å². The zero-order valence-electron chi connectivity index (χ0n) is 10.1. The van der Waals surface area contributed by atoms with Gasteiger partial charge in [-0.15, -0.1) is 0 Å². The van der Waals surface area contributed by atoms with E-state index in [4.69, 9.17) is 4.74 Å². The van der Waals surface area contributed by atoms with Gasteiger partial charge in [0.1, 0.15) is 11.7 Å². The van der Waals surface area contributed by atoms with Crippen LogP contribution in [-0.2, 0) is 9.53 Å². The molecule has 1 unspecified atom stereocenters. The molecule has 2 aliphatic rings. The van der Waals surface area contributed by atoms with Crippen LogP contribution in [0, 0.1) is 5.92 Å². The fraction of sp³-hybridized carbons (Fsp3) is 0.818. The molecule has 0 aromatic heterocycles. The maximum absolute atomic E-state index is 11.8. The van der Waals surface area contributed by atoms with Gasteiger partial charge in [0, 0.05) is 0 Å². The number of ether oxygens (including phenoxy) is 1. The zero-order valence-corrected chi connectivity index (χ0v) is 10.1. The Morgan fingerprint density at radius 2 is 1.94 bits per heavy atom. The Labute approximate surface area is 99.2 Å². The summed E-state index contributed by atoms with van der Waals surface area (Å²) >= 11 is 0. The van der Waals surface area contributed by atoms with E-state index in [-0.39, 0.29) is 0 Å². The molecule has 1 saturated carbocycles. The molecule has 0 radical (unpaired) electrons. The van der Waals surface area contributed by atoms with Crippen molar-refractivity contribution in [1.29, 1.82) is 0 Å². The monoisotopic (exact) mass is 243 g/mol. The minimum atomic E-state index is -1.06. The van der Waals surface area contributed by atoms with E-state index in [1.807, 2.05) is 0 Å². The van der Waals surface area contributed by atoms with Crippen LogP contribution < -0.4 is 0 Å². The highest BCUT2D eigenvalue weighted by atomic mass is 16.6. The molecule has 0 aromatic carbocycles. The van der Waals surface area contributed by atoms with Crippen LogP contribution in [0.1, 0.15) is 27.2 Å². The average molecular weight is 243 g/mol. The molecule has 0 aromatic rings. The van der Waals surface area contributed by atoms with E-state index in [9.17, 15) is 19.8 Å². The van der Waals surface area contributed by atoms with Crippen molar-refractivity contribution in [2.75, 3.05) is 0 Å². The van der Waals surface area contributed by atoms with Crippen molar-refractivity contribution in [3.8, 4) is 0 Å². The number of hydrogen-bond acceptors (Lipinski definition) is 5. The largest absolute Gasteiger partial charge is 0.443 e. The van der Waals surface area contributed by atoms with E-state index < -0.39 is 41.8 Å². The maximum atomic E-state index is 11.8. The van der Waals surface area contributed by atoms with Crippen LogP contribution in [0.25, 0.3) is 0 Å². The Kier molecular flexibility index (Phi) is 2.67. The number of carbonyl (C=O) groups is 2. The van der Waals surface area contributed by atoms with Gasteiger partial charge in [-0.05, 0) is 27.2 Å². The molecule has 2 N–H and O–H groups in total. The average Bonchev–Trinajstić information content (AvgIpc) is 2.62. The Balaban J connectivity index is 2.14. The molecule has 4 atom stereocenters. The third-order valence-corrected chi connectivity index (χ3v) is 3.13. The molecule has 1 aliphatic heterocycles. The van der Waals surface area contributed by atoms with Gasteiger partial charge in [0.15, 0.2) is 0 Å². The van der Waals surface area contributed by atoms with E-state index >= 15 is 0 Å². The van der Waals surface area contributed by atoms with E-state index in [1.165, 1.54) is 0 Å². The second kappa shape index (κ2) is 3.68. The molecule has 6 nitrogen and oxygen atoms in total. The highest BCUT2D eigenvalue weighted by molar-refractivity contribution is 5.97. The Bertz CT molecular complexity index is 361. The number of carbonyl (C=O) groups excluding carboxylic acids is 2. The van der Waals surface area contributed by atoms with Gasteiger partial charge in [-0.2, -0.15) is 0 Å². The van der Waals surface area contributed by atoms with Crippen LogP contribution in [0.4, 0.5) is 4.79 Å². The first-order valence-corrected chi connectivity index (χ1v) is 5.64. The third-order valence-electron chi connectivity index (χ3n) is 3.13. The van der Waals surface area contributed by atoms with Gasteiger partial charge in [-0.25, -0.2) is 9.69 Å². The van der Waals surface area contributed by atoms with Crippen LogP contribution in [-0.4, -0.2) is 51.0 Å². The molecule has 2 fully saturated rings. The number of aliphatic hydroxyl groups excluding tert-OH is 2. The first-order valence-electron chi connectivity index (χ1n) is 5.64. The predicted molar refractivity (Wildman–Crippen MR) is 57.0 cm³/mol. The normalized spacial score (nSPS) is 36.5. The summed E-state index contributed by atoms with van der Waals surface area (Å²) in [7, 11) is 0. The lowest BCUT2D eigenvalue weighted by Crippen LogP contribution is -2.54. The third kappa shape index (κ3) is 1.91. The Morgan fingerprint density at radius 1 is 1.35 bits per heavy atom. The molecule has 17 heavy (non-hydrogen) atoms. The zero-order chi connectivity index (χ0) is 13.0. The predicted octanol–water partition coefficient (Wildman–Crippen LogP) is -0.126. The summed E-state index contributed by atoms with van der Waals surface area (Å²) in [6.45, 7) is 5.11. The molecule has 1 aliphatic carbocycles. The summed E-state index contributed by atoms with van der Waals surface area (Å²) in [4.78, 5) is 24.5. The van der Waals surface area contributed by atoms with Crippen molar-refractivity contribution < 1.29 is 24.5 Å². The van der Waals surface area contributed by atoms with E-state index in [0.717, 1.165) is 4.90 Å². The summed E-state index contributed by atoms with van der Waals surface area (Å²) in [5.41, 5.74) is -0.692. The fourth-order valence-corrected chi connectivity index (χ4v) is 2.39. The van der Waals surface area contributed by atoms with Crippen LogP contribution in [0.5, 0.6) is 0 Å². The highest BCUT2D eigenvalue weighted by Crippen LogP contribution is 2.39. The second-order valence-corrected chi connectivity index (χ2v) is 5.58. The van der Waals surface area contributed by atoms with Gasteiger partial charge < -0.3 is 14.9 Å². The smallest absolute Gasteiger partial charge is 0.417 e. The number of hydrogen-bond donors (Lipinski definition) is 2. The number of imide groups is 1. The number of piperidine rings is 1.